The van der Waals surface area contributed by atoms with E-state index in [9.17, 15) is 5.11 Å². The molecule has 0 fully saturated rings. The molecule has 0 saturated carbocycles. The van der Waals surface area contributed by atoms with Crippen molar-refractivity contribution in [3.8, 4) is 0 Å². The van der Waals surface area contributed by atoms with Crippen LogP contribution in [0.4, 0.5) is 5.82 Å². The molecule has 1 aromatic rings. The first-order valence-electron chi connectivity index (χ1n) is 5.83. The molecule has 0 spiro atoms. The molecule has 1 aromatic heterocycles. The molecule has 4 heteroatoms. The van der Waals surface area contributed by atoms with Crippen LogP contribution in [0.5, 0.6) is 0 Å². The van der Waals surface area contributed by atoms with Crippen molar-refractivity contribution in [3.05, 3.63) is 18.1 Å². The summed E-state index contributed by atoms with van der Waals surface area (Å²) in [5.41, 5.74) is 0.731. The van der Waals surface area contributed by atoms with Gasteiger partial charge >= 0.3 is 0 Å². The van der Waals surface area contributed by atoms with Gasteiger partial charge in [0, 0.05) is 11.8 Å². The van der Waals surface area contributed by atoms with E-state index in [4.69, 9.17) is 0 Å². The van der Waals surface area contributed by atoms with Crippen molar-refractivity contribution in [2.75, 3.05) is 11.9 Å². The third-order valence-corrected chi connectivity index (χ3v) is 2.79. The van der Waals surface area contributed by atoms with Crippen LogP contribution in [0.2, 0.25) is 0 Å². The normalized spacial score (nSPS) is 14.5. The van der Waals surface area contributed by atoms with Crippen LogP contribution in [0.25, 0.3) is 0 Å². The number of aliphatic hydroxyl groups is 1. The van der Waals surface area contributed by atoms with Crippen LogP contribution in [0.1, 0.15) is 39.3 Å². The van der Waals surface area contributed by atoms with Gasteiger partial charge in [0.2, 0.25) is 0 Å². The molecule has 0 aliphatic carbocycles. The van der Waals surface area contributed by atoms with Crippen molar-refractivity contribution in [1.29, 1.82) is 0 Å². The maximum absolute atomic E-state index is 9.31. The Balaban J connectivity index is 2.76. The predicted octanol–water partition coefficient (Wildman–Crippen LogP) is 2.00. The molecule has 1 rings (SSSR count). The number of aryl methyl sites for hydroxylation is 1. The van der Waals surface area contributed by atoms with E-state index in [1.807, 2.05) is 19.9 Å². The first-order valence-corrected chi connectivity index (χ1v) is 5.83. The minimum atomic E-state index is -0.308. The quantitative estimate of drug-likeness (QED) is 0.774. The fourth-order valence-electron chi connectivity index (χ4n) is 1.41. The van der Waals surface area contributed by atoms with Crippen LogP contribution in [-0.2, 0) is 6.42 Å². The van der Waals surface area contributed by atoms with Crippen molar-refractivity contribution in [2.45, 2.75) is 45.6 Å². The lowest BCUT2D eigenvalue weighted by Gasteiger charge is -2.27. The molecule has 90 valence electrons. The van der Waals surface area contributed by atoms with E-state index in [0.29, 0.717) is 0 Å². The molecular weight excluding hydrogens is 202 g/mol. The number of rotatable bonds is 6. The maximum Gasteiger partial charge on any atom is 0.130 e. The van der Waals surface area contributed by atoms with Crippen LogP contribution in [0, 0.1) is 0 Å². The van der Waals surface area contributed by atoms with Gasteiger partial charge < -0.3 is 10.4 Å². The molecule has 0 aromatic carbocycles. The average molecular weight is 223 g/mol. The highest BCUT2D eigenvalue weighted by Crippen LogP contribution is 2.16. The fraction of sp³-hybridized carbons (Fsp3) is 0.667. The standard InChI is InChI=1S/C12H21N3O/c1-4-6-10-7-11(14-9-13-10)15-12(3,5-2)8-16/h7,9,16H,4-6,8H2,1-3H3,(H,13,14,15). The second kappa shape index (κ2) is 5.80. The topological polar surface area (TPSA) is 58.0 Å². The largest absolute Gasteiger partial charge is 0.394 e. The summed E-state index contributed by atoms with van der Waals surface area (Å²) in [5, 5.41) is 12.6. The minimum Gasteiger partial charge on any atom is -0.394 e. The lowest BCUT2D eigenvalue weighted by Crippen LogP contribution is -2.38. The Morgan fingerprint density at radius 3 is 2.69 bits per heavy atom. The van der Waals surface area contributed by atoms with Crippen molar-refractivity contribution in [2.24, 2.45) is 0 Å². The van der Waals surface area contributed by atoms with Gasteiger partial charge in [-0.1, -0.05) is 20.3 Å². The van der Waals surface area contributed by atoms with Gasteiger partial charge in [0.25, 0.3) is 0 Å². The monoisotopic (exact) mass is 223 g/mol. The zero-order chi connectivity index (χ0) is 12.0. The van der Waals surface area contributed by atoms with Gasteiger partial charge in [0.1, 0.15) is 12.1 Å². The van der Waals surface area contributed by atoms with E-state index in [-0.39, 0.29) is 12.1 Å². The molecule has 0 amide bonds. The Morgan fingerprint density at radius 1 is 1.38 bits per heavy atom. The first-order chi connectivity index (χ1) is 7.63. The Bertz CT molecular complexity index is 324. The van der Waals surface area contributed by atoms with Gasteiger partial charge in [-0.15, -0.1) is 0 Å². The Hall–Kier alpha value is -1.16. The number of aliphatic hydroxyl groups excluding tert-OH is 1. The number of aromatic nitrogens is 2. The van der Waals surface area contributed by atoms with E-state index in [1.54, 1.807) is 6.33 Å². The van der Waals surface area contributed by atoms with Crippen LogP contribution >= 0.6 is 0 Å². The molecule has 2 N–H and O–H groups in total. The number of hydrogen-bond donors (Lipinski definition) is 2. The van der Waals surface area contributed by atoms with Crippen LogP contribution in [-0.4, -0.2) is 27.2 Å². The lowest BCUT2D eigenvalue weighted by atomic mass is 10.0. The molecule has 16 heavy (non-hydrogen) atoms. The Kier molecular flexibility index (Phi) is 4.68. The summed E-state index contributed by atoms with van der Waals surface area (Å²) < 4.78 is 0. The smallest absolute Gasteiger partial charge is 0.130 e. The highest BCUT2D eigenvalue weighted by atomic mass is 16.3. The number of nitrogens with zero attached hydrogens (tertiary/aromatic N) is 2. The second-order valence-corrected chi connectivity index (χ2v) is 4.34. The molecule has 0 aliphatic heterocycles. The molecule has 0 radical (unpaired) electrons. The summed E-state index contributed by atoms with van der Waals surface area (Å²) in [5.74, 6) is 0.789. The van der Waals surface area contributed by atoms with Crippen LogP contribution in [0.15, 0.2) is 12.4 Å². The van der Waals surface area contributed by atoms with Crippen LogP contribution < -0.4 is 5.32 Å². The van der Waals surface area contributed by atoms with Gasteiger partial charge in [-0.25, -0.2) is 9.97 Å². The molecule has 0 bridgehead atoms. The summed E-state index contributed by atoms with van der Waals surface area (Å²) in [7, 11) is 0. The second-order valence-electron chi connectivity index (χ2n) is 4.34. The van der Waals surface area contributed by atoms with Gasteiger partial charge in [-0.05, 0) is 19.8 Å². The van der Waals surface area contributed by atoms with Crippen molar-refractivity contribution < 1.29 is 5.11 Å². The van der Waals surface area contributed by atoms with E-state index >= 15 is 0 Å². The summed E-state index contributed by atoms with van der Waals surface area (Å²) in [6, 6.07) is 1.95. The molecule has 0 aliphatic rings. The summed E-state index contributed by atoms with van der Waals surface area (Å²) in [6.45, 7) is 6.24. The van der Waals surface area contributed by atoms with Gasteiger partial charge in [0.05, 0.1) is 12.1 Å². The van der Waals surface area contributed by atoms with E-state index in [0.717, 1.165) is 30.8 Å². The summed E-state index contributed by atoms with van der Waals surface area (Å²) in [6.07, 6.45) is 4.44. The predicted molar refractivity (Wildman–Crippen MR) is 65.4 cm³/mol. The number of nitrogens with one attached hydrogen (secondary N) is 1. The van der Waals surface area contributed by atoms with E-state index in [1.165, 1.54) is 0 Å². The third-order valence-electron chi connectivity index (χ3n) is 2.79. The highest BCUT2D eigenvalue weighted by molar-refractivity contribution is 5.38. The third kappa shape index (κ3) is 3.45. The maximum atomic E-state index is 9.31. The van der Waals surface area contributed by atoms with Gasteiger partial charge in [-0.3, -0.25) is 0 Å². The van der Waals surface area contributed by atoms with Crippen molar-refractivity contribution >= 4 is 5.82 Å². The SMILES string of the molecule is CCCc1cc(NC(C)(CC)CO)ncn1. The lowest BCUT2D eigenvalue weighted by molar-refractivity contribution is 0.218. The molecule has 1 heterocycles. The van der Waals surface area contributed by atoms with Crippen molar-refractivity contribution in [3.63, 3.8) is 0 Å². The Labute approximate surface area is 97.1 Å². The van der Waals surface area contributed by atoms with Crippen LogP contribution in [0.3, 0.4) is 0 Å². The molecule has 0 saturated heterocycles. The number of anilines is 1. The average Bonchev–Trinajstić information content (AvgIpc) is 2.30. The van der Waals surface area contributed by atoms with Gasteiger partial charge in [-0.2, -0.15) is 0 Å². The summed E-state index contributed by atoms with van der Waals surface area (Å²) in [4.78, 5) is 8.37. The van der Waals surface area contributed by atoms with Gasteiger partial charge in [0.15, 0.2) is 0 Å². The minimum absolute atomic E-state index is 0.0939. The highest BCUT2D eigenvalue weighted by Gasteiger charge is 2.20. The summed E-state index contributed by atoms with van der Waals surface area (Å²) >= 11 is 0. The van der Waals surface area contributed by atoms with Crippen molar-refractivity contribution in [1.82, 2.24) is 9.97 Å². The fourth-order valence-corrected chi connectivity index (χ4v) is 1.41. The zero-order valence-electron chi connectivity index (χ0n) is 10.3. The molecule has 4 nitrogen and oxygen atoms in total. The van der Waals surface area contributed by atoms with E-state index in [2.05, 4.69) is 22.2 Å². The van der Waals surface area contributed by atoms with E-state index < -0.39 is 0 Å². The molecule has 1 atom stereocenters. The molecular formula is C12H21N3O. The Morgan fingerprint density at radius 2 is 2.12 bits per heavy atom. The first kappa shape index (κ1) is 12.9. The molecule has 1 unspecified atom stereocenters. The zero-order valence-corrected chi connectivity index (χ0v) is 10.3. The number of hydrogen-bond acceptors (Lipinski definition) is 4.